The Hall–Kier alpha value is -2.96. The summed E-state index contributed by atoms with van der Waals surface area (Å²) in [5.74, 6) is -0.345. The molecule has 0 fully saturated rings. The number of nitrogens with one attached hydrogen (secondary N) is 2. The van der Waals surface area contributed by atoms with E-state index < -0.39 is 12.1 Å². The molecule has 0 aliphatic rings. The van der Waals surface area contributed by atoms with Gasteiger partial charge in [0.05, 0.1) is 4.88 Å². The van der Waals surface area contributed by atoms with Gasteiger partial charge in [0.15, 0.2) is 6.04 Å². The molecule has 0 aliphatic carbocycles. The van der Waals surface area contributed by atoms with Crippen molar-refractivity contribution in [1.29, 1.82) is 0 Å². The van der Waals surface area contributed by atoms with Crippen LogP contribution in [-0.4, -0.2) is 19.0 Å². The Balaban J connectivity index is 1.96. The van der Waals surface area contributed by atoms with Crippen molar-refractivity contribution in [2.24, 2.45) is 0 Å². The Bertz CT molecular complexity index is 925. The second-order valence-corrected chi connectivity index (χ2v) is 7.72. The van der Waals surface area contributed by atoms with E-state index in [1.54, 1.807) is 11.3 Å². The SMILES string of the molecule is CCc1ccc([C@H]([NH2+][C@H](C(=O)NC(=O)NC)c2ccccc2)c2cccs2)cc1. The molecular formula is C23H26N3O2S+. The quantitative estimate of drug-likeness (QED) is 0.562. The predicted octanol–water partition coefficient (Wildman–Crippen LogP) is 3.16. The van der Waals surface area contributed by atoms with Gasteiger partial charge < -0.3 is 10.6 Å². The molecule has 5 nitrogen and oxygen atoms in total. The fourth-order valence-electron chi connectivity index (χ4n) is 3.25. The number of aryl methyl sites for hydroxylation is 1. The summed E-state index contributed by atoms with van der Waals surface area (Å²) < 4.78 is 0. The van der Waals surface area contributed by atoms with Crippen LogP contribution in [0.2, 0.25) is 0 Å². The number of hydrogen-bond acceptors (Lipinski definition) is 3. The Morgan fingerprint density at radius 2 is 1.69 bits per heavy atom. The number of benzene rings is 2. The van der Waals surface area contributed by atoms with Gasteiger partial charge in [-0.15, -0.1) is 11.3 Å². The minimum atomic E-state index is -0.563. The number of rotatable bonds is 7. The smallest absolute Gasteiger partial charge is 0.321 e. The molecule has 0 aliphatic heterocycles. The van der Waals surface area contributed by atoms with Crippen LogP contribution >= 0.6 is 11.3 Å². The lowest BCUT2D eigenvalue weighted by molar-refractivity contribution is -0.713. The minimum Gasteiger partial charge on any atom is -0.341 e. The normalized spacial score (nSPS) is 12.8. The monoisotopic (exact) mass is 408 g/mol. The van der Waals surface area contributed by atoms with Crippen molar-refractivity contribution in [3.8, 4) is 0 Å². The highest BCUT2D eigenvalue weighted by Crippen LogP contribution is 2.25. The maximum Gasteiger partial charge on any atom is 0.321 e. The van der Waals surface area contributed by atoms with Gasteiger partial charge in [-0.3, -0.25) is 10.1 Å². The number of thiophene rings is 1. The van der Waals surface area contributed by atoms with Gasteiger partial charge >= 0.3 is 6.03 Å². The molecule has 1 heterocycles. The van der Waals surface area contributed by atoms with E-state index in [9.17, 15) is 9.59 Å². The van der Waals surface area contributed by atoms with Gasteiger partial charge in [0.1, 0.15) is 6.04 Å². The first-order valence-electron chi connectivity index (χ1n) is 9.67. The zero-order valence-corrected chi connectivity index (χ0v) is 17.4. The highest BCUT2D eigenvalue weighted by Gasteiger charge is 2.31. The van der Waals surface area contributed by atoms with Crippen LogP contribution in [0.5, 0.6) is 0 Å². The van der Waals surface area contributed by atoms with Crippen LogP contribution in [0.15, 0.2) is 72.1 Å². The molecule has 29 heavy (non-hydrogen) atoms. The molecule has 2 aromatic carbocycles. The minimum absolute atomic E-state index is 0.0541. The van der Waals surface area contributed by atoms with Gasteiger partial charge in [-0.05, 0) is 23.4 Å². The first-order chi connectivity index (χ1) is 14.1. The van der Waals surface area contributed by atoms with Crippen molar-refractivity contribution in [3.63, 3.8) is 0 Å². The number of carbonyl (C=O) groups excluding carboxylic acids is 2. The summed E-state index contributed by atoms with van der Waals surface area (Å²) in [6, 6.07) is 21.0. The molecule has 3 amide bonds. The molecule has 0 spiro atoms. The summed E-state index contributed by atoms with van der Waals surface area (Å²) in [4.78, 5) is 25.9. The first kappa shape index (κ1) is 20.8. The Morgan fingerprint density at radius 1 is 0.966 bits per heavy atom. The second kappa shape index (κ2) is 10.0. The molecule has 0 saturated carbocycles. The van der Waals surface area contributed by atoms with E-state index in [-0.39, 0.29) is 11.9 Å². The average Bonchev–Trinajstić information content (AvgIpc) is 3.29. The standard InChI is InChI=1S/C23H25N3O2S/c1-3-16-11-13-18(14-12-16)20(19-10-7-15-29-19)25-21(17-8-5-4-6-9-17)22(27)26-23(28)24-2/h4-15,20-21,25H,3H2,1-2H3,(H2,24,26,27,28)/p+1/t20-,21-/m0/s1. The number of amides is 3. The molecule has 2 atom stereocenters. The molecular weight excluding hydrogens is 382 g/mol. The van der Waals surface area contributed by atoms with Crippen molar-refractivity contribution >= 4 is 23.3 Å². The topological polar surface area (TPSA) is 74.8 Å². The first-order valence-corrected chi connectivity index (χ1v) is 10.5. The van der Waals surface area contributed by atoms with E-state index in [4.69, 9.17) is 0 Å². The third kappa shape index (κ3) is 5.31. The molecule has 0 saturated heterocycles. The van der Waals surface area contributed by atoms with Crippen LogP contribution in [0.4, 0.5) is 4.79 Å². The molecule has 150 valence electrons. The van der Waals surface area contributed by atoms with Crippen molar-refractivity contribution in [2.75, 3.05) is 7.05 Å². The predicted molar refractivity (Wildman–Crippen MR) is 116 cm³/mol. The van der Waals surface area contributed by atoms with Crippen LogP contribution in [0.25, 0.3) is 0 Å². The molecule has 4 N–H and O–H groups in total. The fourth-order valence-corrected chi connectivity index (χ4v) is 4.09. The molecule has 0 radical (unpaired) electrons. The third-order valence-corrected chi connectivity index (χ3v) is 5.84. The summed E-state index contributed by atoms with van der Waals surface area (Å²) in [7, 11) is 1.49. The van der Waals surface area contributed by atoms with Gasteiger partial charge in [-0.2, -0.15) is 0 Å². The number of hydrogen-bond donors (Lipinski definition) is 3. The van der Waals surface area contributed by atoms with Crippen LogP contribution in [0, 0.1) is 0 Å². The van der Waals surface area contributed by atoms with Crippen LogP contribution < -0.4 is 16.0 Å². The zero-order chi connectivity index (χ0) is 20.6. The summed E-state index contributed by atoms with van der Waals surface area (Å²) in [5, 5.41) is 8.94. The number of carbonyl (C=O) groups is 2. The Kier molecular flexibility index (Phi) is 7.16. The van der Waals surface area contributed by atoms with Crippen molar-refractivity contribution in [1.82, 2.24) is 10.6 Å². The highest BCUT2D eigenvalue weighted by molar-refractivity contribution is 7.10. The van der Waals surface area contributed by atoms with E-state index in [1.165, 1.54) is 12.6 Å². The van der Waals surface area contributed by atoms with E-state index in [2.05, 4.69) is 47.9 Å². The third-order valence-electron chi connectivity index (χ3n) is 4.89. The van der Waals surface area contributed by atoms with Gasteiger partial charge in [-0.25, -0.2) is 4.79 Å². The lowest BCUT2D eigenvalue weighted by Gasteiger charge is -2.22. The van der Waals surface area contributed by atoms with Crippen molar-refractivity contribution in [3.05, 3.63) is 93.7 Å². The Morgan fingerprint density at radius 3 is 2.28 bits per heavy atom. The number of nitrogens with two attached hydrogens (primary N) is 1. The molecule has 6 heteroatoms. The lowest BCUT2D eigenvalue weighted by Crippen LogP contribution is -2.88. The highest BCUT2D eigenvalue weighted by atomic mass is 32.1. The number of imide groups is 1. The largest absolute Gasteiger partial charge is 0.341 e. The lowest BCUT2D eigenvalue weighted by atomic mass is 9.99. The molecule has 1 aromatic heterocycles. The van der Waals surface area contributed by atoms with E-state index in [1.807, 2.05) is 47.1 Å². The number of quaternary nitrogens is 1. The van der Waals surface area contributed by atoms with E-state index in [0.717, 1.165) is 22.4 Å². The summed E-state index contributed by atoms with van der Waals surface area (Å²) in [6.45, 7) is 2.13. The van der Waals surface area contributed by atoms with Crippen molar-refractivity contribution in [2.45, 2.75) is 25.4 Å². The van der Waals surface area contributed by atoms with Crippen molar-refractivity contribution < 1.29 is 14.9 Å². The van der Waals surface area contributed by atoms with Crippen LogP contribution in [0.1, 0.15) is 40.6 Å². The molecule has 3 rings (SSSR count). The fraction of sp³-hybridized carbons (Fsp3) is 0.217. The number of urea groups is 1. The van der Waals surface area contributed by atoms with Crippen LogP contribution in [0.3, 0.4) is 0 Å². The summed E-state index contributed by atoms with van der Waals surface area (Å²) in [6.07, 6.45) is 0.981. The van der Waals surface area contributed by atoms with Gasteiger partial charge in [0.25, 0.3) is 5.91 Å². The average molecular weight is 409 g/mol. The van der Waals surface area contributed by atoms with E-state index >= 15 is 0 Å². The maximum atomic E-state index is 13.0. The second-order valence-electron chi connectivity index (χ2n) is 6.74. The van der Waals surface area contributed by atoms with Crippen LogP contribution in [-0.2, 0) is 11.2 Å². The Labute approximate surface area is 175 Å². The molecule has 0 unspecified atom stereocenters. The maximum absolute atomic E-state index is 13.0. The van der Waals surface area contributed by atoms with E-state index in [0.29, 0.717) is 0 Å². The van der Waals surface area contributed by atoms with Gasteiger partial charge in [-0.1, -0.05) is 67.6 Å². The zero-order valence-electron chi connectivity index (χ0n) is 16.6. The summed E-state index contributed by atoms with van der Waals surface area (Å²) in [5.41, 5.74) is 3.25. The van der Waals surface area contributed by atoms with Gasteiger partial charge in [0, 0.05) is 18.2 Å². The van der Waals surface area contributed by atoms with Gasteiger partial charge in [0.2, 0.25) is 0 Å². The summed E-state index contributed by atoms with van der Waals surface area (Å²) >= 11 is 1.66. The molecule has 3 aromatic rings. The molecule has 0 bridgehead atoms.